The van der Waals surface area contributed by atoms with Gasteiger partial charge in [0.15, 0.2) is 0 Å². The van der Waals surface area contributed by atoms with E-state index in [9.17, 15) is 14.4 Å². The van der Waals surface area contributed by atoms with Crippen molar-refractivity contribution in [2.45, 2.75) is 53.0 Å². The fourth-order valence-corrected chi connectivity index (χ4v) is 3.63. The van der Waals surface area contributed by atoms with Gasteiger partial charge >= 0.3 is 6.03 Å². The standard InChI is InChI=1S/C16H27N3O3/c1-6-19(11-20)14(22)18-13-7-15(3,4)9-16(5,8-13)10-17-12(2)21/h6,11,13H,1,7-10H2,2-5H3,(H,17,21)(H,18,22). The zero-order chi connectivity index (χ0) is 17.0. The maximum absolute atomic E-state index is 12.0. The van der Waals surface area contributed by atoms with Gasteiger partial charge in [0.25, 0.3) is 0 Å². The Labute approximate surface area is 132 Å². The fourth-order valence-electron chi connectivity index (χ4n) is 3.63. The van der Waals surface area contributed by atoms with E-state index < -0.39 is 6.03 Å². The summed E-state index contributed by atoms with van der Waals surface area (Å²) in [6.45, 7) is 12.0. The van der Waals surface area contributed by atoms with Crippen LogP contribution in [-0.4, -0.2) is 35.8 Å². The molecule has 124 valence electrons. The second-order valence-electron chi connectivity index (χ2n) is 7.31. The van der Waals surface area contributed by atoms with Crippen LogP contribution >= 0.6 is 0 Å². The predicted octanol–water partition coefficient (Wildman–Crippen LogP) is 2.02. The fraction of sp³-hybridized carbons (Fsp3) is 0.688. The summed E-state index contributed by atoms with van der Waals surface area (Å²) in [5.41, 5.74) is -0.0465. The summed E-state index contributed by atoms with van der Waals surface area (Å²) < 4.78 is 0. The Morgan fingerprint density at radius 1 is 1.32 bits per heavy atom. The summed E-state index contributed by atoms with van der Waals surface area (Å²) in [5.74, 6) is -0.0519. The lowest BCUT2D eigenvalue weighted by Gasteiger charge is -2.47. The van der Waals surface area contributed by atoms with Crippen LogP contribution in [0.2, 0.25) is 0 Å². The molecule has 1 aliphatic carbocycles. The van der Waals surface area contributed by atoms with Crippen LogP contribution in [-0.2, 0) is 9.59 Å². The van der Waals surface area contributed by atoms with E-state index in [2.05, 4.69) is 38.0 Å². The van der Waals surface area contributed by atoms with E-state index in [0.717, 1.165) is 24.2 Å². The third-order valence-electron chi connectivity index (χ3n) is 4.08. The molecule has 6 heteroatoms. The summed E-state index contributed by atoms with van der Waals surface area (Å²) in [7, 11) is 0. The molecule has 2 N–H and O–H groups in total. The minimum Gasteiger partial charge on any atom is -0.356 e. The molecule has 0 aromatic heterocycles. The van der Waals surface area contributed by atoms with Gasteiger partial charge in [-0.05, 0) is 30.1 Å². The first-order chi connectivity index (χ1) is 10.1. The van der Waals surface area contributed by atoms with E-state index in [1.54, 1.807) is 0 Å². The van der Waals surface area contributed by atoms with Gasteiger partial charge < -0.3 is 10.6 Å². The number of nitrogens with zero attached hydrogens (tertiary/aromatic N) is 1. The normalized spacial score (nSPS) is 26.6. The van der Waals surface area contributed by atoms with Crippen LogP contribution in [0.25, 0.3) is 0 Å². The van der Waals surface area contributed by atoms with Gasteiger partial charge in [0, 0.05) is 25.7 Å². The molecule has 0 aromatic rings. The third-order valence-corrected chi connectivity index (χ3v) is 4.08. The summed E-state index contributed by atoms with van der Waals surface area (Å²) in [4.78, 5) is 34.9. The molecule has 0 heterocycles. The van der Waals surface area contributed by atoms with Gasteiger partial charge in [-0.25, -0.2) is 9.69 Å². The van der Waals surface area contributed by atoms with Gasteiger partial charge in [-0.15, -0.1) is 0 Å². The van der Waals surface area contributed by atoms with E-state index in [-0.39, 0.29) is 22.8 Å². The highest BCUT2D eigenvalue weighted by atomic mass is 16.2. The van der Waals surface area contributed by atoms with Crippen molar-refractivity contribution in [3.05, 3.63) is 12.8 Å². The van der Waals surface area contributed by atoms with Gasteiger partial charge in [0.05, 0.1) is 0 Å². The number of carbonyl (C=O) groups excluding carboxylic acids is 3. The van der Waals surface area contributed by atoms with Crippen molar-refractivity contribution in [1.29, 1.82) is 0 Å². The topological polar surface area (TPSA) is 78.5 Å². The molecule has 0 aliphatic heterocycles. The van der Waals surface area contributed by atoms with Crippen LogP contribution in [0.1, 0.15) is 47.0 Å². The monoisotopic (exact) mass is 309 g/mol. The largest absolute Gasteiger partial charge is 0.356 e. The van der Waals surface area contributed by atoms with Crippen LogP contribution in [0.5, 0.6) is 0 Å². The Bertz CT molecular complexity index is 454. The summed E-state index contributed by atoms with van der Waals surface area (Å²) in [5, 5.41) is 5.77. The number of nitrogens with one attached hydrogen (secondary N) is 2. The lowest BCUT2D eigenvalue weighted by atomic mass is 9.62. The van der Waals surface area contributed by atoms with Crippen LogP contribution in [0.4, 0.5) is 4.79 Å². The lowest BCUT2D eigenvalue weighted by molar-refractivity contribution is -0.120. The first-order valence-corrected chi connectivity index (χ1v) is 7.52. The van der Waals surface area contributed by atoms with Crippen LogP contribution in [0, 0.1) is 10.8 Å². The molecule has 0 bridgehead atoms. The first kappa shape index (κ1) is 18.2. The number of hydrogen-bond acceptors (Lipinski definition) is 3. The lowest BCUT2D eigenvalue weighted by Crippen LogP contribution is -2.52. The number of amides is 4. The summed E-state index contributed by atoms with van der Waals surface area (Å²) in [6, 6.07) is -0.507. The van der Waals surface area contributed by atoms with Gasteiger partial charge in [-0.2, -0.15) is 0 Å². The minimum atomic E-state index is -0.463. The van der Waals surface area contributed by atoms with Crippen molar-refractivity contribution < 1.29 is 14.4 Å². The maximum atomic E-state index is 12.0. The second-order valence-corrected chi connectivity index (χ2v) is 7.31. The van der Waals surface area contributed by atoms with E-state index in [1.165, 1.54) is 13.1 Å². The molecular weight excluding hydrogens is 282 g/mol. The Morgan fingerprint density at radius 3 is 2.45 bits per heavy atom. The van der Waals surface area contributed by atoms with Crippen LogP contribution in [0.15, 0.2) is 12.8 Å². The van der Waals surface area contributed by atoms with Crippen molar-refractivity contribution in [3.63, 3.8) is 0 Å². The SMILES string of the molecule is C=CN(C=O)C(=O)NC1CC(C)(C)CC(C)(CNC(C)=O)C1. The van der Waals surface area contributed by atoms with Gasteiger partial charge in [-0.1, -0.05) is 27.4 Å². The summed E-state index contributed by atoms with van der Waals surface area (Å²) in [6.07, 6.45) is 4.18. The molecule has 22 heavy (non-hydrogen) atoms. The van der Waals surface area contributed by atoms with Crippen molar-refractivity contribution in [2.24, 2.45) is 10.8 Å². The van der Waals surface area contributed by atoms with Gasteiger partial charge in [0.2, 0.25) is 12.3 Å². The minimum absolute atomic E-state index is 0.0441. The first-order valence-electron chi connectivity index (χ1n) is 7.52. The Morgan fingerprint density at radius 2 is 1.95 bits per heavy atom. The average Bonchev–Trinajstić information content (AvgIpc) is 2.35. The molecule has 0 saturated heterocycles. The molecule has 1 rings (SSSR count). The number of urea groups is 1. The highest BCUT2D eigenvalue weighted by Gasteiger charge is 2.41. The van der Waals surface area contributed by atoms with Gasteiger partial charge in [-0.3, -0.25) is 9.59 Å². The molecule has 6 nitrogen and oxygen atoms in total. The van der Waals surface area contributed by atoms with E-state index >= 15 is 0 Å². The van der Waals surface area contributed by atoms with Crippen molar-refractivity contribution in [2.75, 3.05) is 6.54 Å². The molecule has 0 spiro atoms. The molecule has 2 atom stereocenters. The highest BCUT2D eigenvalue weighted by molar-refractivity contribution is 5.86. The van der Waals surface area contributed by atoms with Crippen molar-refractivity contribution >= 4 is 18.3 Å². The molecule has 1 fully saturated rings. The van der Waals surface area contributed by atoms with E-state index in [4.69, 9.17) is 0 Å². The number of hydrogen-bond donors (Lipinski definition) is 2. The van der Waals surface area contributed by atoms with E-state index in [1.807, 2.05) is 0 Å². The smallest absolute Gasteiger partial charge is 0.328 e. The van der Waals surface area contributed by atoms with Crippen LogP contribution < -0.4 is 10.6 Å². The Balaban J connectivity index is 2.79. The quantitative estimate of drug-likeness (QED) is 0.763. The molecule has 2 unspecified atom stereocenters. The molecule has 0 aromatic carbocycles. The predicted molar refractivity (Wildman–Crippen MR) is 84.8 cm³/mol. The highest BCUT2D eigenvalue weighted by Crippen LogP contribution is 2.45. The number of carbonyl (C=O) groups is 3. The van der Waals surface area contributed by atoms with Crippen molar-refractivity contribution in [1.82, 2.24) is 15.5 Å². The number of rotatable bonds is 5. The zero-order valence-corrected chi connectivity index (χ0v) is 13.9. The van der Waals surface area contributed by atoms with Crippen LogP contribution in [0.3, 0.4) is 0 Å². The Kier molecular flexibility index (Phi) is 5.74. The van der Waals surface area contributed by atoms with Crippen molar-refractivity contribution in [3.8, 4) is 0 Å². The molecule has 0 radical (unpaired) electrons. The second kappa shape index (κ2) is 6.94. The number of imide groups is 1. The molecule has 1 saturated carbocycles. The molecule has 1 aliphatic rings. The zero-order valence-electron chi connectivity index (χ0n) is 13.9. The third kappa shape index (κ3) is 5.16. The average molecular weight is 309 g/mol. The summed E-state index contributed by atoms with van der Waals surface area (Å²) >= 11 is 0. The Hall–Kier alpha value is -1.85. The maximum Gasteiger partial charge on any atom is 0.328 e. The molecular formula is C16H27N3O3. The van der Waals surface area contributed by atoms with E-state index in [0.29, 0.717) is 13.0 Å². The van der Waals surface area contributed by atoms with Gasteiger partial charge in [0.1, 0.15) is 0 Å². The molecule has 4 amide bonds.